The van der Waals surface area contributed by atoms with Crippen LogP contribution in [0.4, 0.5) is 0 Å². The summed E-state index contributed by atoms with van der Waals surface area (Å²) in [6, 6.07) is 3.77. The molecule has 0 aromatic carbocycles. The molecule has 3 rings (SSSR count). The lowest BCUT2D eigenvalue weighted by Crippen LogP contribution is -2.44. The molecule has 1 aliphatic rings. The maximum atomic E-state index is 12.8. The Bertz CT molecular complexity index is 906. The second-order valence-electron chi connectivity index (χ2n) is 7.39. The quantitative estimate of drug-likeness (QED) is 0.781. The summed E-state index contributed by atoms with van der Waals surface area (Å²) in [5.41, 5.74) is 2.44. The van der Waals surface area contributed by atoms with Crippen LogP contribution in [0.5, 0.6) is 0 Å². The molecule has 0 spiro atoms. The number of hydrogen-bond acceptors (Lipinski definition) is 5. The summed E-state index contributed by atoms with van der Waals surface area (Å²) < 4.78 is 30.4. The third kappa shape index (κ3) is 3.90. The molecule has 1 saturated heterocycles. The first-order chi connectivity index (χ1) is 12.7. The van der Waals surface area contributed by atoms with E-state index in [1.165, 1.54) is 4.31 Å². The molecule has 0 aliphatic carbocycles. The molecule has 0 radical (unpaired) electrons. The van der Waals surface area contributed by atoms with Crippen molar-refractivity contribution in [2.75, 3.05) is 20.6 Å². The fraction of sp³-hybridized carbons (Fsp3) is 0.611. The first kappa shape index (κ1) is 19.9. The maximum absolute atomic E-state index is 12.8. The van der Waals surface area contributed by atoms with E-state index in [9.17, 15) is 8.42 Å². The lowest BCUT2D eigenvalue weighted by molar-refractivity contribution is 0.238. The molecule has 9 heteroatoms. The summed E-state index contributed by atoms with van der Waals surface area (Å²) in [5, 5.41) is 4.38. The predicted molar refractivity (Wildman–Crippen MR) is 104 cm³/mol. The molecule has 0 amide bonds. The van der Waals surface area contributed by atoms with Gasteiger partial charge in [0.05, 0.1) is 23.1 Å². The maximum Gasteiger partial charge on any atom is 0.282 e. The molecule has 8 nitrogen and oxygen atoms in total. The first-order valence-corrected chi connectivity index (χ1v) is 10.7. The van der Waals surface area contributed by atoms with Crippen LogP contribution in [-0.4, -0.2) is 57.4 Å². The van der Waals surface area contributed by atoms with Crippen molar-refractivity contribution in [2.45, 2.75) is 52.1 Å². The lowest BCUT2D eigenvalue weighted by atomic mass is 10.0. The van der Waals surface area contributed by atoms with Crippen LogP contribution >= 0.6 is 0 Å². The Kier molecular flexibility index (Phi) is 5.64. The van der Waals surface area contributed by atoms with Gasteiger partial charge in [0.2, 0.25) is 0 Å². The predicted octanol–water partition coefficient (Wildman–Crippen LogP) is 2.56. The highest BCUT2D eigenvalue weighted by Gasteiger charge is 2.35. The zero-order chi connectivity index (χ0) is 19.8. The summed E-state index contributed by atoms with van der Waals surface area (Å²) in [5.74, 6) is 0.631. The van der Waals surface area contributed by atoms with Crippen LogP contribution in [0, 0.1) is 6.92 Å². The Balaban J connectivity index is 2.06. The van der Waals surface area contributed by atoms with Gasteiger partial charge in [-0.15, -0.1) is 0 Å². The van der Waals surface area contributed by atoms with E-state index in [0.29, 0.717) is 12.4 Å². The molecular formula is C18H28N6O2S. The van der Waals surface area contributed by atoms with Crippen molar-refractivity contribution >= 4 is 10.2 Å². The number of piperidine rings is 1. The Hall–Kier alpha value is -1.84. The molecule has 1 aliphatic heterocycles. The normalized spacial score (nSPS) is 19.1. The summed E-state index contributed by atoms with van der Waals surface area (Å²) in [6.45, 7) is 6.49. The van der Waals surface area contributed by atoms with Crippen LogP contribution in [0.15, 0.2) is 18.3 Å². The van der Waals surface area contributed by atoms with E-state index in [1.807, 2.05) is 23.7 Å². The number of nitrogens with zero attached hydrogens (tertiary/aromatic N) is 6. The van der Waals surface area contributed by atoms with Gasteiger partial charge in [-0.05, 0) is 45.7 Å². The van der Waals surface area contributed by atoms with Crippen molar-refractivity contribution in [1.82, 2.24) is 28.4 Å². The van der Waals surface area contributed by atoms with Gasteiger partial charge in [-0.2, -0.15) is 22.1 Å². The summed E-state index contributed by atoms with van der Waals surface area (Å²) in [6.07, 6.45) is 4.36. The van der Waals surface area contributed by atoms with Crippen LogP contribution in [0.25, 0.3) is 11.4 Å². The third-order valence-electron chi connectivity index (χ3n) is 4.83. The van der Waals surface area contributed by atoms with Gasteiger partial charge in [0, 0.05) is 32.9 Å². The number of aromatic nitrogens is 4. The number of hydrogen-bond donors (Lipinski definition) is 0. The summed E-state index contributed by atoms with van der Waals surface area (Å²) in [4.78, 5) is 9.19. The van der Waals surface area contributed by atoms with E-state index >= 15 is 0 Å². The van der Waals surface area contributed by atoms with E-state index in [1.54, 1.807) is 24.6 Å². The van der Waals surface area contributed by atoms with Crippen molar-refractivity contribution in [3.05, 3.63) is 29.8 Å². The average molecular weight is 393 g/mol. The molecule has 2 aromatic heterocycles. The van der Waals surface area contributed by atoms with E-state index < -0.39 is 10.2 Å². The third-order valence-corrected chi connectivity index (χ3v) is 6.79. The minimum atomic E-state index is -3.51. The van der Waals surface area contributed by atoms with Crippen LogP contribution in [0.3, 0.4) is 0 Å². The highest BCUT2D eigenvalue weighted by Crippen LogP contribution is 2.34. The molecule has 3 heterocycles. The van der Waals surface area contributed by atoms with E-state index in [4.69, 9.17) is 0 Å². The molecule has 148 valence electrons. The Morgan fingerprint density at radius 2 is 1.96 bits per heavy atom. The molecule has 2 aromatic rings. The average Bonchev–Trinajstić information content (AvgIpc) is 3.11. The molecule has 1 fully saturated rings. The van der Waals surface area contributed by atoms with Crippen LogP contribution < -0.4 is 0 Å². The second kappa shape index (κ2) is 7.65. The van der Waals surface area contributed by atoms with Gasteiger partial charge in [-0.3, -0.25) is 4.68 Å². The Morgan fingerprint density at radius 1 is 1.22 bits per heavy atom. The minimum Gasteiger partial charge on any atom is -0.261 e. The first-order valence-electron chi connectivity index (χ1n) is 9.30. The summed E-state index contributed by atoms with van der Waals surface area (Å²) in [7, 11) is -0.373. The summed E-state index contributed by atoms with van der Waals surface area (Å²) >= 11 is 0. The highest BCUT2D eigenvalue weighted by molar-refractivity contribution is 7.86. The van der Waals surface area contributed by atoms with Crippen LogP contribution in [-0.2, 0) is 10.2 Å². The highest BCUT2D eigenvalue weighted by atomic mass is 32.2. The fourth-order valence-electron chi connectivity index (χ4n) is 3.51. The molecule has 27 heavy (non-hydrogen) atoms. The largest absolute Gasteiger partial charge is 0.282 e. The van der Waals surface area contributed by atoms with E-state index in [2.05, 4.69) is 28.9 Å². The standard InChI is InChI=1S/C18H28N6O2S/c1-13(2)24-18(9-10-19-24)16-12-15(20-14(3)21-16)17-8-6-7-11-23(17)27(25,26)22(4)5/h9-10,12-13,17H,6-8,11H2,1-5H3. The lowest BCUT2D eigenvalue weighted by Gasteiger charge is -2.36. The molecular weight excluding hydrogens is 364 g/mol. The molecule has 0 N–H and O–H groups in total. The van der Waals surface area contributed by atoms with Gasteiger partial charge < -0.3 is 0 Å². The van der Waals surface area contributed by atoms with Gasteiger partial charge in [-0.1, -0.05) is 6.42 Å². The fourth-order valence-corrected chi connectivity index (χ4v) is 4.82. The second-order valence-corrected chi connectivity index (χ2v) is 9.49. The number of aryl methyl sites for hydroxylation is 1. The van der Waals surface area contributed by atoms with Crippen molar-refractivity contribution in [2.24, 2.45) is 0 Å². The molecule has 0 bridgehead atoms. The van der Waals surface area contributed by atoms with Crippen molar-refractivity contribution in [3.8, 4) is 11.4 Å². The SMILES string of the molecule is Cc1nc(-c2ccnn2C(C)C)cc(C2CCCCN2S(=O)(=O)N(C)C)n1. The van der Waals surface area contributed by atoms with Gasteiger partial charge >= 0.3 is 0 Å². The monoisotopic (exact) mass is 392 g/mol. The molecule has 1 atom stereocenters. The number of rotatable bonds is 5. The van der Waals surface area contributed by atoms with Crippen LogP contribution in [0.2, 0.25) is 0 Å². The van der Waals surface area contributed by atoms with Crippen molar-refractivity contribution < 1.29 is 8.42 Å². The zero-order valence-electron chi connectivity index (χ0n) is 16.6. The van der Waals surface area contributed by atoms with Crippen molar-refractivity contribution in [3.63, 3.8) is 0 Å². The van der Waals surface area contributed by atoms with E-state index in [0.717, 1.165) is 36.3 Å². The minimum absolute atomic E-state index is 0.203. The Labute approximate surface area is 161 Å². The topological polar surface area (TPSA) is 84.2 Å². The van der Waals surface area contributed by atoms with Crippen molar-refractivity contribution in [1.29, 1.82) is 0 Å². The molecule has 1 unspecified atom stereocenters. The Morgan fingerprint density at radius 3 is 2.63 bits per heavy atom. The van der Waals surface area contributed by atoms with Gasteiger partial charge in [0.15, 0.2) is 0 Å². The van der Waals surface area contributed by atoms with E-state index in [-0.39, 0.29) is 12.1 Å². The van der Waals surface area contributed by atoms with Crippen LogP contribution in [0.1, 0.15) is 56.7 Å². The van der Waals surface area contributed by atoms with Gasteiger partial charge in [0.1, 0.15) is 5.82 Å². The van der Waals surface area contributed by atoms with Gasteiger partial charge in [-0.25, -0.2) is 9.97 Å². The van der Waals surface area contributed by atoms with Gasteiger partial charge in [0.25, 0.3) is 10.2 Å². The molecule has 0 saturated carbocycles. The zero-order valence-corrected chi connectivity index (χ0v) is 17.4. The smallest absolute Gasteiger partial charge is 0.261 e.